The number of hydrogen-bond acceptors (Lipinski definition) is 3. The molecule has 2 aromatic rings. The van der Waals surface area contributed by atoms with Gasteiger partial charge in [0, 0.05) is 11.6 Å². The highest BCUT2D eigenvalue weighted by Crippen LogP contribution is 2.27. The van der Waals surface area contributed by atoms with Crippen LogP contribution < -0.4 is 0 Å². The quantitative estimate of drug-likeness (QED) is 0.620. The van der Waals surface area contributed by atoms with Crippen LogP contribution in [0.25, 0.3) is 10.9 Å². The summed E-state index contributed by atoms with van der Waals surface area (Å²) in [6.07, 6.45) is 1.66. The molecule has 1 heterocycles. The van der Waals surface area contributed by atoms with E-state index in [4.69, 9.17) is 0 Å². The van der Waals surface area contributed by atoms with Crippen molar-refractivity contribution in [2.45, 2.75) is 6.92 Å². The fourth-order valence-corrected chi connectivity index (χ4v) is 1.35. The van der Waals surface area contributed by atoms with Gasteiger partial charge in [0.2, 0.25) is 0 Å². The van der Waals surface area contributed by atoms with Crippen molar-refractivity contribution >= 4 is 16.6 Å². The number of fused-ring (bicyclic) bond motifs is 1. The number of nitroso groups, excluding NO2 is 1. The van der Waals surface area contributed by atoms with Crippen LogP contribution in [0.3, 0.4) is 0 Å². The SMILES string of the molecule is Cc1ccc2cccnc2c1N=O. The van der Waals surface area contributed by atoms with Crippen molar-refractivity contribution in [2.75, 3.05) is 0 Å². The lowest BCUT2D eigenvalue weighted by molar-refractivity contribution is 1.35. The van der Waals surface area contributed by atoms with Gasteiger partial charge in [-0.25, -0.2) is 0 Å². The summed E-state index contributed by atoms with van der Waals surface area (Å²) < 4.78 is 0. The molecule has 1 aromatic carbocycles. The van der Waals surface area contributed by atoms with E-state index in [0.717, 1.165) is 10.9 Å². The predicted molar refractivity (Wildman–Crippen MR) is 51.9 cm³/mol. The fourth-order valence-electron chi connectivity index (χ4n) is 1.35. The Morgan fingerprint density at radius 3 is 2.92 bits per heavy atom. The molecule has 0 atom stereocenters. The molecule has 0 spiro atoms. The molecule has 0 saturated carbocycles. The van der Waals surface area contributed by atoms with Crippen molar-refractivity contribution < 1.29 is 0 Å². The maximum atomic E-state index is 10.6. The van der Waals surface area contributed by atoms with E-state index in [-0.39, 0.29) is 0 Å². The summed E-state index contributed by atoms with van der Waals surface area (Å²) in [5.41, 5.74) is 1.98. The molecule has 0 radical (unpaired) electrons. The molecule has 3 nitrogen and oxygen atoms in total. The lowest BCUT2D eigenvalue weighted by atomic mass is 10.1. The van der Waals surface area contributed by atoms with Crippen molar-refractivity contribution in [1.82, 2.24) is 4.98 Å². The van der Waals surface area contributed by atoms with Gasteiger partial charge in [0.25, 0.3) is 0 Å². The van der Waals surface area contributed by atoms with Crippen LogP contribution in [0.1, 0.15) is 5.56 Å². The first-order chi connectivity index (χ1) is 6.33. The first kappa shape index (κ1) is 7.86. The van der Waals surface area contributed by atoms with E-state index in [1.807, 2.05) is 31.2 Å². The van der Waals surface area contributed by atoms with E-state index in [2.05, 4.69) is 10.2 Å². The van der Waals surface area contributed by atoms with Crippen LogP contribution in [0.15, 0.2) is 35.6 Å². The largest absolute Gasteiger partial charge is 0.254 e. The molecule has 0 saturated heterocycles. The molecule has 3 heteroatoms. The van der Waals surface area contributed by atoms with Crippen LogP contribution in [0.2, 0.25) is 0 Å². The topological polar surface area (TPSA) is 42.3 Å². The summed E-state index contributed by atoms with van der Waals surface area (Å²) >= 11 is 0. The van der Waals surface area contributed by atoms with E-state index in [0.29, 0.717) is 11.2 Å². The van der Waals surface area contributed by atoms with Gasteiger partial charge in [-0.2, -0.15) is 0 Å². The van der Waals surface area contributed by atoms with Crippen LogP contribution in [0, 0.1) is 11.8 Å². The smallest absolute Gasteiger partial charge is 0.137 e. The highest BCUT2D eigenvalue weighted by Gasteiger charge is 2.04. The average molecular weight is 172 g/mol. The van der Waals surface area contributed by atoms with Gasteiger partial charge in [0.05, 0.1) is 5.52 Å². The minimum absolute atomic E-state index is 0.443. The first-order valence-electron chi connectivity index (χ1n) is 4.00. The second-order valence-corrected chi connectivity index (χ2v) is 2.90. The van der Waals surface area contributed by atoms with Crippen molar-refractivity contribution in [3.63, 3.8) is 0 Å². The Bertz CT molecular complexity index is 465. The molecule has 0 aliphatic carbocycles. The molecular formula is C10H8N2O. The zero-order valence-corrected chi connectivity index (χ0v) is 7.19. The Kier molecular flexibility index (Phi) is 1.77. The number of benzene rings is 1. The Labute approximate surface area is 75.4 Å². The second-order valence-electron chi connectivity index (χ2n) is 2.90. The second kappa shape index (κ2) is 2.94. The van der Waals surface area contributed by atoms with Crippen LogP contribution >= 0.6 is 0 Å². The third-order valence-electron chi connectivity index (χ3n) is 2.04. The maximum absolute atomic E-state index is 10.6. The van der Waals surface area contributed by atoms with Gasteiger partial charge in [0.15, 0.2) is 0 Å². The molecule has 0 aliphatic rings. The Hall–Kier alpha value is -1.77. The molecule has 0 unspecified atom stereocenters. The number of hydrogen-bond donors (Lipinski definition) is 0. The van der Waals surface area contributed by atoms with Gasteiger partial charge in [-0.1, -0.05) is 18.2 Å². The molecule has 1 aromatic heterocycles. The minimum atomic E-state index is 0.443. The normalized spacial score (nSPS) is 10.2. The summed E-state index contributed by atoms with van der Waals surface area (Å²) in [4.78, 5) is 14.7. The van der Waals surface area contributed by atoms with E-state index < -0.39 is 0 Å². The Morgan fingerprint density at radius 2 is 2.15 bits per heavy atom. The Balaban J connectivity index is 2.91. The van der Waals surface area contributed by atoms with Gasteiger partial charge in [0.1, 0.15) is 5.69 Å². The summed E-state index contributed by atoms with van der Waals surface area (Å²) in [5, 5.41) is 3.93. The van der Waals surface area contributed by atoms with Gasteiger partial charge in [-0.05, 0) is 23.7 Å². The Morgan fingerprint density at radius 1 is 1.31 bits per heavy atom. The van der Waals surface area contributed by atoms with E-state index >= 15 is 0 Å². The first-order valence-corrected chi connectivity index (χ1v) is 4.00. The van der Waals surface area contributed by atoms with Crippen LogP contribution in [0.5, 0.6) is 0 Å². The number of aryl methyl sites for hydroxylation is 1. The molecule has 2 rings (SSSR count). The van der Waals surface area contributed by atoms with E-state index in [1.54, 1.807) is 6.20 Å². The lowest BCUT2D eigenvalue weighted by Gasteiger charge is -2.00. The summed E-state index contributed by atoms with van der Waals surface area (Å²) in [6, 6.07) is 7.57. The van der Waals surface area contributed by atoms with Gasteiger partial charge in [-0.15, -0.1) is 4.91 Å². The number of nitrogens with zero attached hydrogens (tertiary/aromatic N) is 2. The zero-order valence-electron chi connectivity index (χ0n) is 7.19. The van der Waals surface area contributed by atoms with Crippen LogP contribution in [-0.4, -0.2) is 4.98 Å². The van der Waals surface area contributed by atoms with Crippen molar-refractivity contribution in [2.24, 2.45) is 5.18 Å². The molecule has 0 N–H and O–H groups in total. The molecule has 13 heavy (non-hydrogen) atoms. The third kappa shape index (κ3) is 1.18. The summed E-state index contributed by atoms with van der Waals surface area (Å²) in [7, 11) is 0. The van der Waals surface area contributed by atoms with Crippen molar-refractivity contribution in [3.8, 4) is 0 Å². The van der Waals surface area contributed by atoms with E-state index in [1.165, 1.54) is 0 Å². The molecule has 0 aliphatic heterocycles. The summed E-state index contributed by atoms with van der Waals surface area (Å²) in [6.45, 7) is 1.85. The van der Waals surface area contributed by atoms with Crippen LogP contribution in [0.4, 0.5) is 5.69 Å². The predicted octanol–water partition coefficient (Wildman–Crippen LogP) is 2.94. The highest BCUT2D eigenvalue weighted by molar-refractivity contribution is 5.90. The van der Waals surface area contributed by atoms with Crippen molar-refractivity contribution in [1.29, 1.82) is 0 Å². The third-order valence-corrected chi connectivity index (χ3v) is 2.04. The van der Waals surface area contributed by atoms with Gasteiger partial charge >= 0.3 is 0 Å². The fraction of sp³-hybridized carbons (Fsp3) is 0.100. The van der Waals surface area contributed by atoms with Gasteiger partial charge < -0.3 is 0 Å². The maximum Gasteiger partial charge on any atom is 0.137 e. The highest BCUT2D eigenvalue weighted by atomic mass is 16.3. The van der Waals surface area contributed by atoms with Crippen molar-refractivity contribution in [3.05, 3.63) is 40.9 Å². The number of aromatic nitrogens is 1. The standard InChI is InChI=1S/C10H8N2O/c1-7-4-5-8-3-2-6-11-10(8)9(7)12-13/h2-6H,1H3. The lowest BCUT2D eigenvalue weighted by Crippen LogP contribution is -1.81. The monoisotopic (exact) mass is 172 g/mol. The number of rotatable bonds is 1. The molecule has 0 amide bonds. The van der Waals surface area contributed by atoms with Crippen LogP contribution in [-0.2, 0) is 0 Å². The molecular weight excluding hydrogens is 164 g/mol. The number of pyridine rings is 1. The molecule has 0 fully saturated rings. The van der Waals surface area contributed by atoms with Gasteiger partial charge in [-0.3, -0.25) is 4.98 Å². The zero-order chi connectivity index (χ0) is 9.26. The van der Waals surface area contributed by atoms with E-state index in [9.17, 15) is 4.91 Å². The minimum Gasteiger partial charge on any atom is -0.254 e. The average Bonchev–Trinajstić information content (AvgIpc) is 2.18. The molecule has 64 valence electrons. The molecule has 0 bridgehead atoms. The summed E-state index contributed by atoms with van der Waals surface area (Å²) in [5.74, 6) is 0.